The van der Waals surface area contributed by atoms with Crippen LogP contribution in [0.4, 0.5) is 11.4 Å². The number of thiazole rings is 1. The van der Waals surface area contributed by atoms with E-state index in [1.165, 1.54) is 19.2 Å². The Labute approximate surface area is 122 Å². The van der Waals surface area contributed by atoms with Gasteiger partial charge in [0.2, 0.25) is 10.0 Å². The number of nitrogens with one attached hydrogen (secondary N) is 2. The number of benzene rings is 1. The van der Waals surface area contributed by atoms with Gasteiger partial charge in [0.25, 0.3) is 0 Å². The van der Waals surface area contributed by atoms with Crippen molar-refractivity contribution < 1.29 is 8.42 Å². The number of aryl methyl sites for hydroxylation is 1. The first-order valence-corrected chi connectivity index (χ1v) is 8.26. The Hall–Kier alpha value is -1.64. The zero-order valence-electron chi connectivity index (χ0n) is 11.2. The van der Waals surface area contributed by atoms with Gasteiger partial charge in [0.15, 0.2) is 0 Å². The summed E-state index contributed by atoms with van der Waals surface area (Å²) in [5.74, 6) is 0. The Bertz CT molecular complexity index is 710. The fourth-order valence-electron chi connectivity index (χ4n) is 1.64. The van der Waals surface area contributed by atoms with Crippen molar-refractivity contribution in [2.24, 2.45) is 0 Å². The van der Waals surface area contributed by atoms with Crippen LogP contribution in [0.25, 0.3) is 0 Å². The van der Waals surface area contributed by atoms with Gasteiger partial charge in [-0.15, -0.1) is 11.3 Å². The lowest BCUT2D eigenvalue weighted by molar-refractivity contribution is 0.588. The molecule has 6 nitrogen and oxygen atoms in total. The molecule has 20 heavy (non-hydrogen) atoms. The Morgan fingerprint density at radius 1 is 1.40 bits per heavy atom. The van der Waals surface area contributed by atoms with Gasteiger partial charge in [-0.2, -0.15) is 0 Å². The number of sulfonamides is 1. The molecule has 108 valence electrons. The van der Waals surface area contributed by atoms with Gasteiger partial charge in [0.05, 0.1) is 22.8 Å². The minimum absolute atomic E-state index is 0.146. The maximum absolute atomic E-state index is 11.7. The van der Waals surface area contributed by atoms with Gasteiger partial charge >= 0.3 is 0 Å². The first-order valence-electron chi connectivity index (χ1n) is 5.90. The molecule has 0 aliphatic carbocycles. The van der Waals surface area contributed by atoms with Crippen LogP contribution < -0.4 is 15.8 Å². The number of anilines is 2. The molecular formula is C12H16N4O2S2. The van der Waals surface area contributed by atoms with Gasteiger partial charge in [0, 0.05) is 11.1 Å². The molecule has 1 aromatic carbocycles. The first kappa shape index (κ1) is 14.8. The van der Waals surface area contributed by atoms with Crippen LogP contribution in [0.1, 0.15) is 10.7 Å². The van der Waals surface area contributed by atoms with Crippen molar-refractivity contribution in [3.05, 3.63) is 34.3 Å². The zero-order valence-corrected chi connectivity index (χ0v) is 12.8. The molecule has 2 aromatic rings. The normalized spacial score (nSPS) is 11.5. The number of nitrogens with two attached hydrogens (primary N) is 1. The number of aromatic nitrogens is 1. The smallest absolute Gasteiger partial charge is 0.240 e. The van der Waals surface area contributed by atoms with E-state index in [1.807, 2.05) is 12.3 Å². The minimum Gasteiger partial charge on any atom is -0.397 e. The zero-order chi connectivity index (χ0) is 14.8. The lowest BCUT2D eigenvalue weighted by Crippen LogP contribution is -2.18. The molecule has 0 spiro atoms. The number of nitrogen functional groups attached to an aromatic ring is 1. The van der Waals surface area contributed by atoms with Gasteiger partial charge in [0.1, 0.15) is 5.01 Å². The highest BCUT2D eigenvalue weighted by molar-refractivity contribution is 7.89. The van der Waals surface area contributed by atoms with E-state index < -0.39 is 10.0 Å². The highest BCUT2D eigenvalue weighted by atomic mass is 32.2. The lowest BCUT2D eigenvalue weighted by atomic mass is 10.2. The summed E-state index contributed by atoms with van der Waals surface area (Å²) in [7, 11) is -2.11. The second-order valence-corrected chi connectivity index (χ2v) is 7.02. The third kappa shape index (κ3) is 3.27. The van der Waals surface area contributed by atoms with Gasteiger partial charge in [-0.05, 0) is 32.2 Å². The molecule has 8 heteroatoms. The summed E-state index contributed by atoms with van der Waals surface area (Å²) < 4.78 is 25.6. The summed E-state index contributed by atoms with van der Waals surface area (Å²) in [4.78, 5) is 4.48. The maximum Gasteiger partial charge on any atom is 0.240 e. The van der Waals surface area contributed by atoms with E-state index in [-0.39, 0.29) is 4.90 Å². The minimum atomic E-state index is -3.47. The molecule has 0 saturated heterocycles. The Kier molecular flexibility index (Phi) is 4.26. The van der Waals surface area contributed by atoms with Crippen molar-refractivity contribution in [2.75, 3.05) is 18.1 Å². The van der Waals surface area contributed by atoms with Crippen LogP contribution in [0.2, 0.25) is 0 Å². The molecule has 1 heterocycles. The highest BCUT2D eigenvalue weighted by Gasteiger charge is 2.12. The summed E-state index contributed by atoms with van der Waals surface area (Å²) in [6.45, 7) is 2.49. The monoisotopic (exact) mass is 312 g/mol. The van der Waals surface area contributed by atoms with Crippen LogP contribution in [0, 0.1) is 6.92 Å². The summed E-state index contributed by atoms with van der Waals surface area (Å²) in [5, 5.41) is 6.07. The summed E-state index contributed by atoms with van der Waals surface area (Å²) in [5.41, 5.74) is 7.92. The molecule has 0 aliphatic rings. The highest BCUT2D eigenvalue weighted by Crippen LogP contribution is 2.23. The summed E-state index contributed by atoms with van der Waals surface area (Å²) in [6.07, 6.45) is 0. The Balaban J connectivity index is 2.14. The number of hydrogen-bond donors (Lipinski definition) is 3. The number of nitrogens with zero attached hydrogens (tertiary/aromatic N) is 1. The van der Waals surface area contributed by atoms with Gasteiger partial charge < -0.3 is 11.1 Å². The van der Waals surface area contributed by atoms with Crippen molar-refractivity contribution in [1.82, 2.24) is 9.71 Å². The van der Waals surface area contributed by atoms with Crippen molar-refractivity contribution in [2.45, 2.75) is 18.4 Å². The molecule has 0 unspecified atom stereocenters. The lowest BCUT2D eigenvalue weighted by Gasteiger charge is -2.10. The molecule has 0 fully saturated rings. The molecular weight excluding hydrogens is 296 g/mol. The standard InChI is InChI=1S/C12H16N4O2S2/c1-8-7-19-12(16-8)6-15-11-4-3-9(5-10(11)13)20(17,18)14-2/h3-5,7,14-15H,6,13H2,1-2H3. The van der Waals surface area contributed by atoms with Gasteiger partial charge in [-0.25, -0.2) is 18.1 Å². The van der Waals surface area contributed by atoms with Crippen molar-refractivity contribution >= 4 is 32.7 Å². The molecule has 0 radical (unpaired) electrons. The van der Waals surface area contributed by atoms with E-state index in [0.717, 1.165) is 10.7 Å². The fraction of sp³-hybridized carbons (Fsp3) is 0.250. The predicted octanol–water partition coefficient (Wildman–Crippen LogP) is 1.55. The largest absolute Gasteiger partial charge is 0.397 e. The quantitative estimate of drug-likeness (QED) is 0.728. The average Bonchev–Trinajstić information content (AvgIpc) is 2.83. The Morgan fingerprint density at radius 2 is 2.15 bits per heavy atom. The van der Waals surface area contributed by atoms with Crippen LogP contribution in [0.3, 0.4) is 0 Å². The summed E-state index contributed by atoms with van der Waals surface area (Å²) >= 11 is 1.57. The van der Waals surface area contributed by atoms with E-state index in [1.54, 1.807) is 17.4 Å². The second kappa shape index (κ2) is 5.78. The van der Waals surface area contributed by atoms with Crippen LogP contribution in [-0.2, 0) is 16.6 Å². The molecule has 4 N–H and O–H groups in total. The van der Waals surface area contributed by atoms with Crippen LogP contribution in [0.5, 0.6) is 0 Å². The van der Waals surface area contributed by atoms with Crippen molar-refractivity contribution in [3.63, 3.8) is 0 Å². The van der Waals surface area contributed by atoms with Crippen LogP contribution >= 0.6 is 11.3 Å². The topological polar surface area (TPSA) is 97.1 Å². The van der Waals surface area contributed by atoms with Gasteiger partial charge in [-0.1, -0.05) is 0 Å². The van der Waals surface area contributed by atoms with Crippen LogP contribution in [-0.4, -0.2) is 20.4 Å². The molecule has 2 rings (SSSR count). The second-order valence-electron chi connectivity index (χ2n) is 4.19. The Morgan fingerprint density at radius 3 is 2.70 bits per heavy atom. The molecule has 1 aromatic heterocycles. The SMILES string of the molecule is CNS(=O)(=O)c1ccc(NCc2nc(C)cs2)c(N)c1. The average molecular weight is 312 g/mol. The van der Waals surface area contributed by atoms with E-state index >= 15 is 0 Å². The van der Waals surface area contributed by atoms with E-state index in [9.17, 15) is 8.42 Å². The van der Waals surface area contributed by atoms with E-state index in [0.29, 0.717) is 17.9 Å². The van der Waals surface area contributed by atoms with E-state index in [2.05, 4.69) is 15.0 Å². The third-order valence-electron chi connectivity index (χ3n) is 2.70. The first-order chi connectivity index (χ1) is 9.42. The van der Waals surface area contributed by atoms with Crippen molar-refractivity contribution in [1.29, 1.82) is 0 Å². The molecule has 0 aliphatic heterocycles. The van der Waals surface area contributed by atoms with Crippen LogP contribution in [0.15, 0.2) is 28.5 Å². The van der Waals surface area contributed by atoms with Gasteiger partial charge in [-0.3, -0.25) is 0 Å². The summed E-state index contributed by atoms with van der Waals surface area (Å²) in [6, 6.07) is 4.60. The predicted molar refractivity (Wildman–Crippen MR) is 81.3 cm³/mol. The molecule has 0 saturated carbocycles. The molecule has 0 bridgehead atoms. The molecule has 0 atom stereocenters. The number of hydrogen-bond acceptors (Lipinski definition) is 6. The third-order valence-corrected chi connectivity index (χ3v) is 5.08. The molecule has 0 amide bonds. The van der Waals surface area contributed by atoms with E-state index in [4.69, 9.17) is 5.73 Å². The number of rotatable bonds is 5. The van der Waals surface area contributed by atoms with Crippen molar-refractivity contribution in [3.8, 4) is 0 Å². The fourth-order valence-corrected chi connectivity index (χ4v) is 3.12. The maximum atomic E-state index is 11.7.